The first-order valence-electron chi connectivity index (χ1n) is 12.1. The summed E-state index contributed by atoms with van der Waals surface area (Å²) in [5, 5.41) is 11.8. The molecular formula is C27H32N2O5. The highest BCUT2D eigenvalue weighted by Crippen LogP contribution is 2.44. The number of hydrogen-bond acceptors (Lipinski definition) is 4. The summed E-state index contributed by atoms with van der Waals surface area (Å²) in [6.45, 7) is 3.17. The van der Waals surface area contributed by atoms with Crippen LogP contribution in [0.2, 0.25) is 0 Å². The van der Waals surface area contributed by atoms with Crippen LogP contribution in [0.15, 0.2) is 48.5 Å². The lowest BCUT2D eigenvalue weighted by Crippen LogP contribution is -2.48. The minimum atomic E-state index is -0.849. The minimum absolute atomic E-state index is 0.0391. The summed E-state index contributed by atoms with van der Waals surface area (Å²) in [6.07, 6.45) is 2.36. The number of amides is 2. The molecule has 0 saturated carbocycles. The quantitative estimate of drug-likeness (QED) is 0.573. The van der Waals surface area contributed by atoms with E-state index >= 15 is 0 Å². The number of rotatable bonds is 9. The lowest BCUT2D eigenvalue weighted by Gasteiger charge is -2.24. The van der Waals surface area contributed by atoms with Gasteiger partial charge in [-0.05, 0) is 41.0 Å². The summed E-state index contributed by atoms with van der Waals surface area (Å²) < 4.78 is 5.64. The smallest absolute Gasteiger partial charge is 0.407 e. The fourth-order valence-electron chi connectivity index (χ4n) is 5.11. The van der Waals surface area contributed by atoms with Gasteiger partial charge in [-0.25, -0.2) is 4.79 Å². The number of alkyl carbamates (subject to hydrolysis) is 1. The van der Waals surface area contributed by atoms with Crippen molar-refractivity contribution in [2.75, 3.05) is 19.7 Å². The third kappa shape index (κ3) is 5.24. The summed E-state index contributed by atoms with van der Waals surface area (Å²) in [4.78, 5) is 38.5. The Morgan fingerprint density at radius 3 is 2.35 bits per heavy atom. The van der Waals surface area contributed by atoms with Crippen LogP contribution >= 0.6 is 0 Å². The lowest BCUT2D eigenvalue weighted by atomic mass is 9.98. The highest BCUT2D eigenvalue weighted by molar-refractivity contribution is 5.86. The number of carbonyl (C=O) groups is 3. The molecule has 0 spiro atoms. The highest BCUT2D eigenvalue weighted by atomic mass is 16.5. The van der Waals surface area contributed by atoms with Gasteiger partial charge in [0.1, 0.15) is 12.6 Å². The van der Waals surface area contributed by atoms with Crippen LogP contribution in [0.1, 0.15) is 56.1 Å². The van der Waals surface area contributed by atoms with Crippen LogP contribution in [0.4, 0.5) is 4.79 Å². The summed E-state index contributed by atoms with van der Waals surface area (Å²) in [5.74, 6) is -1.09. The standard InChI is InChI=1S/C27H32N2O5/c1-2-3-12-24(26(32)29-14-13-18(16-29)15-25(30)31)28-27(33)34-17-23-21-10-6-4-8-19(21)20-9-5-7-11-22(20)23/h4-11,18,23-24H,2-3,12-17H2,1H3,(H,28,33)(H,30,31). The summed E-state index contributed by atoms with van der Waals surface area (Å²) >= 11 is 0. The Morgan fingerprint density at radius 2 is 1.74 bits per heavy atom. The van der Waals surface area contributed by atoms with Gasteiger partial charge in [-0.15, -0.1) is 0 Å². The van der Waals surface area contributed by atoms with Crippen LogP contribution in [0.3, 0.4) is 0 Å². The van der Waals surface area contributed by atoms with Crippen LogP contribution in [0.25, 0.3) is 11.1 Å². The number of likely N-dealkylation sites (tertiary alicyclic amines) is 1. The molecule has 2 aliphatic rings. The van der Waals surface area contributed by atoms with E-state index in [-0.39, 0.29) is 30.8 Å². The number of ether oxygens (including phenoxy) is 1. The Labute approximate surface area is 200 Å². The number of aliphatic carboxylic acids is 1. The molecule has 1 aliphatic heterocycles. The molecule has 2 amide bonds. The van der Waals surface area contributed by atoms with Gasteiger partial charge in [0.15, 0.2) is 0 Å². The summed E-state index contributed by atoms with van der Waals surface area (Å²) in [7, 11) is 0. The molecule has 4 rings (SSSR count). The van der Waals surface area contributed by atoms with Gasteiger partial charge in [0.2, 0.25) is 5.91 Å². The van der Waals surface area contributed by atoms with Crippen molar-refractivity contribution in [3.05, 3.63) is 59.7 Å². The molecule has 1 saturated heterocycles. The SMILES string of the molecule is CCCCC(NC(=O)OCC1c2ccccc2-c2ccccc21)C(=O)N1CCC(CC(=O)O)C1. The molecule has 34 heavy (non-hydrogen) atoms. The number of carboxylic acid groups (broad SMARTS) is 1. The maximum absolute atomic E-state index is 13.1. The molecule has 0 aromatic heterocycles. The van der Waals surface area contributed by atoms with E-state index in [1.807, 2.05) is 31.2 Å². The molecule has 2 unspecified atom stereocenters. The number of hydrogen-bond donors (Lipinski definition) is 2. The van der Waals surface area contributed by atoms with E-state index in [0.717, 1.165) is 35.1 Å². The Kier molecular flexibility index (Phi) is 7.50. The number of unbranched alkanes of at least 4 members (excludes halogenated alkanes) is 1. The van der Waals surface area contributed by atoms with Gasteiger partial charge in [-0.1, -0.05) is 68.3 Å². The number of carboxylic acids is 1. The molecule has 2 aromatic rings. The van der Waals surface area contributed by atoms with E-state index in [9.17, 15) is 14.4 Å². The average Bonchev–Trinajstić information content (AvgIpc) is 3.42. The maximum Gasteiger partial charge on any atom is 0.407 e. The highest BCUT2D eigenvalue weighted by Gasteiger charge is 2.33. The fourth-order valence-corrected chi connectivity index (χ4v) is 5.11. The molecule has 180 valence electrons. The Bertz CT molecular complexity index is 1010. The normalized spacial score (nSPS) is 17.7. The van der Waals surface area contributed by atoms with E-state index in [4.69, 9.17) is 9.84 Å². The van der Waals surface area contributed by atoms with Crippen molar-refractivity contribution < 1.29 is 24.2 Å². The number of benzene rings is 2. The molecular weight excluding hydrogens is 432 g/mol. The topological polar surface area (TPSA) is 95.9 Å². The summed E-state index contributed by atoms with van der Waals surface area (Å²) in [6, 6.07) is 15.6. The first-order chi connectivity index (χ1) is 16.5. The van der Waals surface area contributed by atoms with Crippen molar-refractivity contribution in [3.63, 3.8) is 0 Å². The van der Waals surface area contributed by atoms with E-state index < -0.39 is 18.1 Å². The van der Waals surface area contributed by atoms with Crippen LogP contribution < -0.4 is 5.32 Å². The zero-order chi connectivity index (χ0) is 24.1. The largest absolute Gasteiger partial charge is 0.481 e. The third-order valence-corrected chi connectivity index (χ3v) is 6.84. The van der Waals surface area contributed by atoms with Crippen molar-refractivity contribution in [2.45, 2.75) is 51.0 Å². The molecule has 7 heteroatoms. The van der Waals surface area contributed by atoms with Gasteiger partial charge >= 0.3 is 12.1 Å². The summed E-state index contributed by atoms with van der Waals surface area (Å²) in [5.41, 5.74) is 4.59. The zero-order valence-corrected chi connectivity index (χ0v) is 19.5. The number of nitrogens with one attached hydrogen (secondary N) is 1. The van der Waals surface area contributed by atoms with Crippen LogP contribution in [0, 0.1) is 5.92 Å². The van der Waals surface area contributed by atoms with E-state index in [0.29, 0.717) is 25.9 Å². The molecule has 7 nitrogen and oxygen atoms in total. The van der Waals surface area contributed by atoms with Crippen molar-refractivity contribution >= 4 is 18.0 Å². The van der Waals surface area contributed by atoms with Gasteiger partial charge in [-0.2, -0.15) is 0 Å². The Hall–Kier alpha value is -3.35. The monoisotopic (exact) mass is 464 g/mol. The van der Waals surface area contributed by atoms with Gasteiger partial charge in [0.25, 0.3) is 0 Å². The minimum Gasteiger partial charge on any atom is -0.481 e. The van der Waals surface area contributed by atoms with E-state index in [1.54, 1.807) is 4.90 Å². The molecule has 1 heterocycles. The first kappa shape index (κ1) is 23.8. The van der Waals surface area contributed by atoms with Gasteiger partial charge in [0, 0.05) is 25.4 Å². The van der Waals surface area contributed by atoms with Crippen LogP contribution in [-0.2, 0) is 14.3 Å². The van der Waals surface area contributed by atoms with Crippen LogP contribution in [-0.4, -0.2) is 53.7 Å². The predicted octanol–water partition coefficient (Wildman–Crippen LogP) is 4.41. The van der Waals surface area contributed by atoms with E-state index in [2.05, 4.69) is 29.6 Å². The third-order valence-electron chi connectivity index (χ3n) is 6.84. The second-order valence-electron chi connectivity index (χ2n) is 9.20. The van der Waals surface area contributed by atoms with Crippen molar-refractivity contribution in [2.24, 2.45) is 5.92 Å². The fraction of sp³-hybridized carbons (Fsp3) is 0.444. The maximum atomic E-state index is 13.1. The van der Waals surface area contributed by atoms with Crippen LogP contribution in [0.5, 0.6) is 0 Å². The molecule has 1 fully saturated rings. The molecule has 2 aromatic carbocycles. The second-order valence-corrected chi connectivity index (χ2v) is 9.20. The average molecular weight is 465 g/mol. The lowest BCUT2D eigenvalue weighted by molar-refractivity contribution is -0.138. The Morgan fingerprint density at radius 1 is 1.09 bits per heavy atom. The molecule has 2 atom stereocenters. The number of nitrogens with zero attached hydrogens (tertiary/aromatic N) is 1. The molecule has 1 aliphatic carbocycles. The number of fused-ring (bicyclic) bond motifs is 3. The first-order valence-corrected chi connectivity index (χ1v) is 12.1. The molecule has 0 bridgehead atoms. The van der Waals surface area contributed by atoms with Gasteiger partial charge in [0.05, 0.1) is 0 Å². The van der Waals surface area contributed by atoms with Crippen molar-refractivity contribution in [1.29, 1.82) is 0 Å². The number of carbonyl (C=O) groups excluding carboxylic acids is 2. The Balaban J connectivity index is 1.38. The molecule has 2 N–H and O–H groups in total. The van der Waals surface area contributed by atoms with E-state index in [1.165, 1.54) is 0 Å². The predicted molar refractivity (Wildman–Crippen MR) is 128 cm³/mol. The molecule has 0 radical (unpaired) electrons. The second kappa shape index (κ2) is 10.7. The van der Waals surface area contributed by atoms with Gasteiger partial charge < -0.3 is 20.1 Å². The van der Waals surface area contributed by atoms with Gasteiger partial charge in [-0.3, -0.25) is 9.59 Å². The van der Waals surface area contributed by atoms with Crippen molar-refractivity contribution in [3.8, 4) is 11.1 Å². The van der Waals surface area contributed by atoms with Crippen molar-refractivity contribution in [1.82, 2.24) is 10.2 Å². The zero-order valence-electron chi connectivity index (χ0n) is 19.5.